The van der Waals surface area contributed by atoms with E-state index >= 15 is 0 Å². The summed E-state index contributed by atoms with van der Waals surface area (Å²) in [7, 11) is 0. The van der Waals surface area contributed by atoms with E-state index in [-0.39, 0.29) is 11.9 Å². The number of aryl methyl sites for hydroxylation is 2. The molecule has 1 amide bonds. The quantitative estimate of drug-likeness (QED) is 0.639. The van der Waals surface area contributed by atoms with E-state index in [4.69, 9.17) is 4.42 Å². The number of nitrogens with zero attached hydrogens (tertiary/aromatic N) is 4. The van der Waals surface area contributed by atoms with Crippen LogP contribution in [0, 0.1) is 13.8 Å². The van der Waals surface area contributed by atoms with Crippen LogP contribution in [0.5, 0.6) is 0 Å². The molecule has 0 unspecified atom stereocenters. The Hall–Kier alpha value is -2.61. The molecule has 8 heteroatoms. The van der Waals surface area contributed by atoms with Crippen LogP contribution in [0.1, 0.15) is 37.9 Å². The molecular weight excluding hydrogens is 362 g/mol. The topological polar surface area (TPSA) is 85.8 Å². The van der Waals surface area contributed by atoms with Gasteiger partial charge in [0.15, 0.2) is 0 Å². The van der Waals surface area contributed by atoms with Gasteiger partial charge in [-0.05, 0) is 46.8 Å². The summed E-state index contributed by atoms with van der Waals surface area (Å²) in [6.07, 6.45) is 1.67. The number of aromatic nitrogens is 4. The normalized spacial score (nSPS) is 12.4. The van der Waals surface area contributed by atoms with Crippen LogP contribution in [-0.2, 0) is 4.79 Å². The van der Waals surface area contributed by atoms with Crippen LogP contribution in [0.25, 0.3) is 11.5 Å². The molecule has 0 spiro atoms. The SMILES string of the molecule is Cc1cc(C)cc(-c2nnc(S[C@H](C)C(=O)Nc3ccnn3C(C)C)o2)c1. The molecule has 1 N–H and O–H groups in total. The Morgan fingerprint density at radius 3 is 2.52 bits per heavy atom. The number of carbonyl (C=O) groups is 1. The Kier molecular flexibility index (Phi) is 5.65. The second-order valence-corrected chi connectivity index (χ2v) is 8.05. The van der Waals surface area contributed by atoms with Crippen LogP contribution in [0.3, 0.4) is 0 Å². The first-order valence-corrected chi connectivity index (χ1v) is 9.64. The number of benzene rings is 1. The summed E-state index contributed by atoms with van der Waals surface area (Å²) in [6, 6.07) is 8.02. The standard InChI is InChI=1S/C19H23N5O2S/c1-11(2)24-16(6-7-20-24)21-17(25)14(5)27-19-23-22-18(26-19)15-9-12(3)8-13(4)10-15/h6-11,14H,1-5H3,(H,21,25)/t14-/m1/s1. The lowest BCUT2D eigenvalue weighted by Crippen LogP contribution is -2.24. The smallest absolute Gasteiger partial charge is 0.277 e. The molecule has 2 aromatic heterocycles. The van der Waals surface area contributed by atoms with E-state index in [1.807, 2.05) is 39.8 Å². The van der Waals surface area contributed by atoms with Crippen LogP contribution < -0.4 is 5.32 Å². The molecule has 0 bridgehead atoms. The molecule has 2 heterocycles. The molecule has 1 atom stereocenters. The lowest BCUT2D eigenvalue weighted by atomic mass is 10.1. The molecule has 27 heavy (non-hydrogen) atoms. The summed E-state index contributed by atoms with van der Waals surface area (Å²) in [4.78, 5) is 12.5. The van der Waals surface area contributed by atoms with Gasteiger partial charge in [0.25, 0.3) is 5.22 Å². The Morgan fingerprint density at radius 2 is 1.85 bits per heavy atom. The average Bonchev–Trinajstić information content (AvgIpc) is 3.23. The first-order chi connectivity index (χ1) is 12.8. The van der Waals surface area contributed by atoms with Crippen molar-refractivity contribution in [3.05, 3.63) is 41.6 Å². The monoisotopic (exact) mass is 385 g/mol. The van der Waals surface area contributed by atoms with Crippen LogP contribution >= 0.6 is 11.8 Å². The third-order valence-corrected chi connectivity index (χ3v) is 4.87. The van der Waals surface area contributed by atoms with Gasteiger partial charge in [-0.15, -0.1) is 10.2 Å². The van der Waals surface area contributed by atoms with Gasteiger partial charge < -0.3 is 9.73 Å². The zero-order valence-corrected chi connectivity index (χ0v) is 16.9. The largest absolute Gasteiger partial charge is 0.411 e. The summed E-state index contributed by atoms with van der Waals surface area (Å²) >= 11 is 1.23. The summed E-state index contributed by atoms with van der Waals surface area (Å²) < 4.78 is 7.50. The Labute approximate surface area is 162 Å². The van der Waals surface area contributed by atoms with E-state index < -0.39 is 5.25 Å². The highest BCUT2D eigenvalue weighted by Gasteiger charge is 2.20. The third-order valence-electron chi connectivity index (χ3n) is 3.93. The Morgan fingerprint density at radius 1 is 1.15 bits per heavy atom. The van der Waals surface area contributed by atoms with Crippen molar-refractivity contribution in [1.82, 2.24) is 20.0 Å². The van der Waals surface area contributed by atoms with E-state index in [1.54, 1.807) is 23.9 Å². The van der Waals surface area contributed by atoms with Gasteiger partial charge in [-0.3, -0.25) is 4.79 Å². The first-order valence-electron chi connectivity index (χ1n) is 8.76. The predicted octanol–water partition coefficient (Wildman–Crippen LogP) is 4.25. The van der Waals surface area contributed by atoms with Crippen LogP contribution in [0.4, 0.5) is 5.82 Å². The van der Waals surface area contributed by atoms with E-state index in [1.165, 1.54) is 11.8 Å². The number of rotatable bonds is 6. The molecule has 0 fully saturated rings. The van der Waals surface area contributed by atoms with Crippen molar-refractivity contribution in [1.29, 1.82) is 0 Å². The highest BCUT2D eigenvalue weighted by molar-refractivity contribution is 8.00. The number of hydrogen-bond donors (Lipinski definition) is 1. The fourth-order valence-electron chi connectivity index (χ4n) is 2.73. The Balaban J connectivity index is 1.67. The third kappa shape index (κ3) is 4.57. The summed E-state index contributed by atoms with van der Waals surface area (Å²) in [6.45, 7) is 9.87. The number of thioether (sulfide) groups is 1. The van der Waals surface area contributed by atoms with E-state index in [2.05, 4.69) is 26.7 Å². The molecule has 1 aromatic carbocycles. The molecule has 142 valence electrons. The molecule has 3 aromatic rings. The number of carbonyl (C=O) groups excluding carboxylic acids is 1. The van der Waals surface area contributed by atoms with Gasteiger partial charge in [0.1, 0.15) is 5.82 Å². The lowest BCUT2D eigenvalue weighted by Gasteiger charge is -2.13. The molecule has 0 saturated carbocycles. The number of hydrogen-bond acceptors (Lipinski definition) is 6. The van der Waals surface area contributed by atoms with Gasteiger partial charge in [0.05, 0.1) is 11.4 Å². The fourth-order valence-corrected chi connectivity index (χ4v) is 3.41. The van der Waals surface area contributed by atoms with Crippen molar-refractivity contribution < 1.29 is 9.21 Å². The second-order valence-electron chi connectivity index (χ2n) is 6.75. The van der Waals surface area contributed by atoms with Crippen LogP contribution in [-0.4, -0.2) is 31.1 Å². The predicted molar refractivity (Wildman–Crippen MR) is 106 cm³/mol. The highest BCUT2D eigenvalue weighted by atomic mass is 32.2. The maximum atomic E-state index is 12.5. The summed E-state index contributed by atoms with van der Waals surface area (Å²) in [5.74, 6) is 0.979. The molecule has 0 aliphatic rings. The molecule has 0 aliphatic heterocycles. The van der Waals surface area contributed by atoms with Gasteiger partial charge in [0.2, 0.25) is 11.8 Å². The van der Waals surface area contributed by atoms with Crippen molar-refractivity contribution >= 4 is 23.5 Å². The van der Waals surface area contributed by atoms with Crippen LogP contribution in [0.2, 0.25) is 0 Å². The van der Waals surface area contributed by atoms with Crippen molar-refractivity contribution in [2.45, 2.75) is 51.1 Å². The maximum absolute atomic E-state index is 12.5. The zero-order valence-electron chi connectivity index (χ0n) is 16.1. The minimum absolute atomic E-state index is 0.145. The van der Waals surface area contributed by atoms with Crippen LogP contribution in [0.15, 0.2) is 40.1 Å². The summed E-state index contributed by atoms with van der Waals surface area (Å²) in [5, 5.41) is 15.3. The number of nitrogens with one attached hydrogen (secondary N) is 1. The molecule has 0 radical (unpaired) electrons. The highest BCUT2D eigenvalue weighted by Crippen LogP contribution is 2.28. The van der Waals surface area contributed by atoms with Crippen molar-refractivity contribution in [3.8, 4) is 11.5 Å². The minimum atomic E-state index is -0.395. The lowest BCUT2D eigenvalue weighted by molar-refractivity contribution is -0.115. The van der Waals surface area contributed by atoms with Crippen molar-refractivity contribution in [3.63, 3.8) is 0 Å². The second kappa shape index (κ2) is 7.96. The molecule has 0 aliphatic carbocycles. The first kappa shape index (κ1) is 19.2. The van der Waals surface area contributed by atoms with Gasteiger partial charge in [-0.1, -0.05) is 29.0 Å². The van der Waals surface area contributed by atoms with E-state index in [9.17, 15) is 4.79 Å². The van der Waals surface area contributed by atoms with Crippen molar-refractivity contribution in [2.24, 2.45) is 0 Å². The maximum Gasteiger partial charge on any atom is 0.277 e. The van der Waals surface area contributed by atoms with Gasteiger partial charge >= 0.3 is 0 Å². The number of amides is 1. The average molecular weight is 385 g/mol. The minimum Gasteiger partial charge on any atom is -0.411 e. The van der Waals surface area contributed by atoms with Gasteiger partial charge in [0, 0.05) is 17.7 Å². The summed E-state index contributed by atoms with van der Waals surface area (Å²) in [5.41, 5.74) is 3.14. The zero-order chi connectivity index (χ0) is 19.6. The molecule has 7 nitrogen and oxygen atoms in total. The Bertz CT molecular complexity index is 927. The van der Waals surface area contributed by atoms with Gasteiger partial charge in [-0.25, -0.2) is 4.68 Å². The fraction of sp³-hybridized carbons (Fsp3) is 0.368. The van der Waals surface area contributed by atoms with Crippen molar-refractivity contribution in [2.75, 3.05) is 5.32 Å². The van der Waals surface area contributed by atoms with E-state index in [0.717, 1.165) is 16.7 Å². The molecule has 0 saturated heterocycles. The van der Waals surface area contributed by atoms with Gasteiger partial charge in [-0.2, -0.15) is 5.10 Å². The van der Waals surface area contributed by atoms with E-state index in [0.29, 0.717) is 16.9 Å². The number of anilines is 1. The molecular formula is C19H23N5O2S. The molecule has 3 rings (SSSR count).